The number of benzene rings is 2. The molecule has 30 heavy (non-hydrogen) atoms. The van der Waals surface area contributed by atoms with Crippen molar-refractivity contribution in [1.82, 2.24) is 19.7 Å². The van der Waals surface area contributed by atoms with Crippen molar-refractivity contribution in [1.29, 1.82) is 0 Å². The molecule has 152 valence electrons. The highest BCUT2D eigenvalue weighted by Gasteiger charge is 2.19. The van der Waals surface area contributed by atoms with Crippen LogP contribution in [0.1, 0.15) is 35.2 Å². The van der Waals surface area contributed by atoms with Gasteiger partial charge in [0.25, 0.3) is 5.91 Å². The van der Waals surface area contributed by atoms with Crippen molar-refractivity contribution < 1.29 is 4.79 Å². The van der Waals surface area contributed by atoms with E-state index in [9.17, 15) is 4.79 Å². The second-order valence-corrected chi connectivity index (χ2v) is 7.66. The lowest BCUT2D eigenvalue weighted by Crippen LogP contribution is -2.30. The number of piperidine rings is 1. The number of nitrogens with one attached hydrogen (secondary N) is 2. The van der Waals surface area contributed by atoms with Gasteiger partial charge in [0.15, 0.2) is 0 Å². The number of amides is 1. The molecule has 0 unspecified atom stereocenters. The van der Waals surface area contributed by atoms with Crippen molar-refractivity contribution >= 4 is 28.7 Å². The Morgan fingerprint density at radius 1 is 1.00 bits per heavy atom. The lowest BCUT2D eigenvalue weighted by Gasteiger charge is -2.24. The van der Waals surface area contributed by atoms with E-state index in [2.05, 4.69) is 42.1 Å². The van der Waals surface area contributed by atoms with Gasteiger partial charge < -0.3 is 9.47 Å². The Balaban J connectivity index is 1.39. The smallest absolute Gasteiger partial charge is 0.260 e. The van der Waals surface area contributed by atoms with Gasteiger partial charge in [0.05, 0.1) is 5.56 Å². The number of para-hydroxylation sites is 1. The lowest BCUT2D eigenvalue weighted by molar-refractivity contribution is 0.102. The Kier molecular flexibility index (Phi) is 4.93. The summed E-state index contributed by atoms with van der Waals surface area (Å²) in [4.78, 5) is 19.7. The average Bonchev–Trinajstić information content (AvgIpc) is 3.40. The van der Waals surface area contributed by atoms with Gasteiger partial charge in [0, 0.05) is 36.7 Å². The summed E-state index contributed by atoms with van der Waals surface area (Å²) in [7, 11) is 0. The number of nitrogens with zero attached hydrogens (tertiary/aromatic N) is 4. The van der Waals surface area contributed by atoms with Gasteiger partial charge in [-0.05, 0) is 30.9 Å². The largest absolute Gasteiger partial charge is 0.342 e. The zero-order valence-electron chi connectivity index (χ0n) is 16.7. The van der Waals surface area contributed by atoms with Crippen LogP contribution in [-0.4, -0.2) is 38.7 Å². The standard InChI is InChI=1S/C23H24N6O/c30-21(24-22-25-23(27-26-22)28-13-7-2-8-14-28)19-16-29(15-17-9-3-1-4-10-17)20-12-6-5-11-18(19)20/h1,3-6,9-12,16H,2,7-8,13-15H2,(H2,24,25,26,27,30). The zero-order valence-corrected chi connectivity index (χ0v) is 16.7. The van der Waals surface area contributed by atoms with Crippen molar-refractivity contribution in [3.8, 4) is 0 Å². The number of aromatic nitrogens is 4. The Labute approximate surface area is 174 Å². The number of aromatic amines is 1. The second-order valence-electron chi connectivity index (χ2n) is 7.66. The second kappa shape index (κ2) is 8.02. The van der Waals surface area contributed by atoms with Gasteiger partial charge in [-0.3, -0.25) is 10.1 Å². The number of rotatable bonds is 5. The molecule has 7 nitrogen and oxygen atoms in total. The highest BCUT2D eigenvalue weighted by atomic mass is 16.1. The Bertz CT molecular complexity index is 1160. The topological polar surface area (TPSA) is 78.8 Å². The molecule has 1 aliphatic heterocycles. The number of carbonyl (C=O) groups is 1. The number of anilines is 2. The third-order valence-corrected chi connectivity index (χ3v) is 5.57. The molecule has 2 aromatic carbocycles. The monoisotopic (exact) mass is 400 g/mol. The first-order valence-electron chi connectivity index (χ1n) is 10.4. The molecule has 1 saturated heterocycles. The average molecular weight is 400 g/mol. The van der Waals surface area contributed by atoms with Crippen molar-refractivity contribution in [3.63, 3.8) is 0 Å². The van der Waals surface area contributed by atoms with E-state index in [4.69, 9.17) is 0 Å². The van der Waals surface area contributed by atoms with Crippen LogP contribution in [0, 0.1) is 0 Å². The van der Waals surface area contributed by atoms with Crippen LogP contribution in [-0.2, 0) is 6.54 Å². The van der Waals surface area contributed by atoms with E-state index in [1.807, 2.05) is 48.7 Å². The number of hydrogen-bond donors (Lipinski definition) is 2. The Hall–Kier alpha value is -3.61. The van der Waals surface area contributed by atoms with E-state index in [-0.39, 0.29) is 5.91 Å². The van der Waals surface area contributed by atoms with Crippen LogP contribution in [0.5, 0.6) is 0 Å². The molecule has 2 aromatic heterocycles. The van der Waals surface area contributed by atoms with Gasteiger partial charge >= 0.3 is 0 Å². The third-order valence-electron chi connectivity index (χ3n) is 5.57. The quantitative estimate of drug-likeness (QED) is 0.530. The van der Waals surface area contributed by atoms with Gasteiger partial charge in [-0.25, -0.2) is 5.10 Å². The SMILES string of the molecule is O=C(Nc1nc(N2CCCCC2)n[nH]1)c1cn(Cc2ccccc2)c2ccccc12. The Morgan fingerprint density at radius 3 is 2.60 bits per heavy atom. The molecule has 0 radical (unpaired) electrons. The van der Waals surface area contributed by atoms with Gasteiger partial charge in [-0.2, -0.15) is 4.98 Å². The fraction of sp³-hybridized carbons (Fsp3) is 0.261. The maximum atomic E-state index is 13.1. The molecule has 1 amide bonds. The highest BCUT2D eigenvalue weighted by molar-refractivity contribution is 6.12. The summed E-state index contributed by atoms with van der Waals surface area (Å²) in [6.45, 7) is 2.62. The first-order chi connectivity index (χ1) is 14.8. The molecule has 0 aliphatic carbocycles. The Morgan fingerprint density at radius 2 is 1.77 bits per heavy atom. The third kappa shape index (κ3) is 3.66. The van der Waals surface area contributed by atoms with Gasteiger partial charge in [0.2, 0.25) is 11.9 Å². The summed E-state index contributed by atoms with van der Waals surface area (Å²) in [5.74, 6) is 0.830. The first-order valence-corrected chi connectivity index (χ1v) is 10.4. The summed E-state index contributed by atoms with van der Waals surface area (Å²) in [6, 6.07) is 18.2. The lowest BCUT2D eigenvalue weighted by atomic mass is 10.1. The predicted molar refractivity (Wildman–Crippen MR) is 118 cm³/mol. The molecule has 7 heteroatoms. The van der Waals surface area contributed by atoms with E-state index < -0.39 is 0 Å². The minimum Gasteiger partial charge on any atom is -0.342 e. The molecule has 0 saturated carbocycles. The van der Waals surface area contributed by atoms with Crippen LogP contribution in [0.15, 0.2) is 60.8 Å². The first kappa shape index (κ1) is 18.4. The van der Waals surface area contributed by atoms with Crippen LogP contribution in [0.25, 0.3) is 10.9 Å². The van der Waals surface area contributed by atoms with Crippen LogP contribution < -0.4 is 10.2 Å². The van der Waals surface area contributed by atoms with Crippen LogP contribution in [0.4, 0.5) is 11.9 Å². The van der Waals surface area contributed by atoms with Crippen molar-refractivity contribution in [2.24, 2.45) is 0 Å². The van der Waals surface area contributed by atoms with E-state index in [0.29, 0.717) is 24.0 Å². The molecule has 3 heterocycles. The van der Waals surface area contributed by atoms with Gasteiger partial charge in [-0.1, -0.05) is 48.5 Å². The summed E-state index contributed by atoms with van der Waals surface area (Å²) in [6.07, 6.45) is 5.46. The van der Waals surface area contributed by atoms with E-state index in [0.717, 1.165) is 36.8 Å². The zero-order chi connectivity index (χ0) is 20.3. The molecule has 0 spiro atoms. The van der Waals surface area contributed by atoms with Gasteiger partial charge in [0.1, 0.15) is 0 Å². The normalized spacial score (nSPS) is 14.2. The molecule has 1 fully saturated rings. The number of fused-ring (bicyclic) bond motifs is 1. The van der Waals surface area contributed by atoms with Crippen LogP contribution >= 0.6 is 0 Å². The van der Waals surface area contributed by atoms with E-state index >= 15 is 0 Å². The maximum Gasteiger partial charge on any atom is 0.260 e. The molecule has 5 rings (SSSR count). The summed E-state index contributed by atoms with van der Waals surface area (Å²) in [5, 5.41) is 10.9. The van der Waals surface area contributed by atoms with Crippen molar-refractivity contribution in [2.45, 2.75) is 25.8 Å². The van der Waals surface area contributed by atoms with Crippen molar-refractivity contribution in [3.05, 3.63) is 71.9 Å². The molecule has 1 aliphatic rings. The number of hydrogen-bond acceptors (Lipinski definition) is 4. The van der Waals surface area contributed by atoms with E-state index in [1.54, 1.807) is 0 Å². The van der Waals surface area contributed by atoms with Crippen molar-refractivity contribution in [2.75, 3.05) is 23.3 Å². The highest BCUT2D eigenvalue weighted by Crippen LogP contribution is 2.24. The molecule has 2 N–H and O–H groups in total. The fourth-order valence-corrected chi connectivity index (χ4v) is 4.06. The molecule has 4 aromatic rings. The molecular weight excluding hydrogens is 376 g/mol. The molecule has 0 bridgehead atoms. The summed E-state index contributed by atoms with van der Waals surface area (Å²) < 4.78 is 2.11. The predicted octanol–water partition coefficient (Wildman–Crippen LogP) is 4.05. The van der Waals surface area contributed by atoms with Crippen LogP contribution in [0.2, 0.25) is 0 Å². The van der Waals surface area contributed by atoms with E-state index in [1.165, 1.54) is 12.0 Å². The molecular formula is C23H24N6O. The summed E-state index contributed by atoms with van der Waals surface area (Å²) >= 11 is 0. The fourth-order valence-electron chi connectivity index (χ4n) is 4.06. The minimum absolute atomic E-state index is 0.195. The number of carbonyl (C=O) groups excluding carboxylic acids is 1. The minimum atomic E-state index is -0.195. The molecule has 0 atom stereocenters. The number of H-pyrrole nitrogens is 1. The maximum absolute atomic E-state index is 13.1. The summed E-state index contributed by atoms with van der Waals surface area (Å²) in [5.41, 5.74) is 2.84. The van der Waals surface area contributed by atoms with Crippen LogP contribution in [0.3, 0.4) is 0 Å². The van der Waals surface area contributed by atoms with Gasteiger partial charge in [-0.15, -0.1) is 5.10 Å².